The molecule has 4 heteroatoms. The van der Waals surface area contributed by atoms with Gasteiger partial charge in [0.25, 0.3) is 5.91 Å². The normalized spacial score (nSPS) is 13.4. The molecule has 4 nitrogen and oxygen atoms in total. The van der Waals surface area contributed by atoms with Crippen LogP contribution in [0.25, 0.3) is 0 Å². The Morgan fingerprint density at radius 1 is 1.10 bits per heavy atom. The van der Waals surface area contributed by atoms with Crippen molar-refractivity contribution in [3.05, 3.63) is 70.8 Å². The summed E-state index contributed by atoms with van der Waals surface area (Å²) in [5.41, 5.74) is 2.00. The summed E-state index contributed by atoms with van der Waals surface area (Å²) in [6.07, 6.45) is 0. The number of aromatic carboxylic acids is 1. The van der Waals surface area contributed by atoms with Gasteiger partial charge in [0.2, 0.25) is 0 Å². The molecule has 0 aliphatic carbocycles. The molecule has 1 heterocycles. The minimum atomic E-state index is -1.31. The minimum absolute atomic E-state index is 0.0249. The lowest BCUT2D eigenvalue weighted by Crippen LogP contribution is -2.27. The predicted molar refractivity (Wildman–Crippen MR) is 70.8 cm³/mol. The molecular weight excluding hydrogens is 254 g/mol. The molecule has 0 fully saturated rings. The monoisotopic (exact) mass is 266 g/mol. The van der Waals surface area contributed by atoms with Gasteiger partial charge in [-0.05, 0) is 11.1 Å². The SMILES string of the molecule is O=C([O-])c1cccc2c1C(=O)N(Cc1ccccc1)C2. The van der Waals surface area contributed by atoms with Crippen molar-refractivity contribution in [2.24, 2.45) is 0 Å². The molecule has 0 aromatic heterocycles. The topological polar surface area (TPSA) is 60.4 Å². The zero-order chi connectivity index (χ0) is 14.1. The zero-order valence-corrected chi connectivity index (χ0v) is 10.7. The van der Waals surface area contributed by atoms with Gasteiger partial charge in [-0.15, -0.1) is 0 Å². The van der Waals surface area contributed by atoms with Crippen LogP contribution in [0, 0.1) is 0 Å². The van der Waals surface area contributed by atoms with Crippen LogP contribution in [0.15, 0.2) is 48.5 Å². The fourth-order valence-electron chi connectivity index (χ4n) is 2.52. The Kier molecular flexibility index (Phi) is 2.99. The van der Waals surface area contributed by atoms with E-state index in [9.17, 15) is 14.7 Å². The van der Waals surface area contributed by atoms with E-state index in [-0.39, 0.29) is 17.0 Å². The van der Waals surface area contributed by atoms with Gasteiger partial charge in [0.15, 0.2) is 0 Å². The maximum Gasteiger partial charge on any atom is 0.255 e. The van der Waals surface area contributed by atoms with E-state index in [2.05, 4.69) is 0 Å². The average Bonchev–Trinajstić information content (AvgIpc) is 2.77. The largest absolute Gasteiger partial charge is 0.545 e. The predicted octanol–water partition coefficient (Wildman–Crippen LogP) is 1.21. The summed E-state index contributed by atoms with van der Waals surface area (Å²) in [4.78, 5) is 25.1. The summed E-state index contributed by atoms with van der Waals surface area (Å²) >= 11 is 0. The second-order valence-corrected chi connectivity index (χ2v) is 4.77. The quantitative estimate of drug-likeness (QED) is 0.838. The van der Waals surface area contributed by atoms with E-state index in [1.807, 2.05) is 30.3 Å². The van der Waals surface area contributed by atoms with Crippen LogP contribution in [0.4, 0.5) is 0 Å². The minimum Gasteiger partial charge on any atom is -0.545 e. The van der Waals surface area contributed by atoms with Gasteiger partial charge < -0.3 is 14.8 Å². The van der Waals surface area contributed by atoms with Gasteiger partial charge in [-0.25, -0.2) is 0 Å². The highest BCUT2D eigenvalue weighted by Gasteiger charge is 2.29. The number of amides is 1. The standard InChI is InChI=1S/C16H13NO3/c18-15-14-12(7-4-8-13(14)16(19)20)10-17(15)9-11-5-2-1-3-6-11/h1-8H,9-10H2,(H,19,20)/p-1. The highest BCUT2D eigenvalue weighted by Crippen LogP contribution is 2.27. The number of carbonyl (C=O) groups excluding carboxylic acids is 2. The number of benzene rings is 2. The van der Waals surface area contributed by atoms with E-state index in [4.69, 9.17) is 0 Å². The lowest BCUT2D eigenvalue weighted by atomic mass is 10.0. The van der Waals surface area contributed by atoms with Gasteiger partial charge in [-0.1, -0.05) is 48.5 Å². The first-order valence-corrected chi connectivity index (χ1v) is 6.33. The van der Waals surface area contributed by atoms with E-state index in [1.54, 1.807) is 17.0 Å². The lowest BCUT2D eigenvalue weighted by molar-refractivity contribution is -0.255. The van der Waals surface area contributed by atoms with Crippen LogP contribution in [-0.4, -0.2) is 16.8 Å². The van der Waals surface area contributed by atoms with Crippen LogP contribution >= 0.6 is 0 Å². The van der Waals surface area contributed by atoms with Crippen molar-refractivity contribution in [1.29, 1.82) is 0 Å². The van der Waals surface area contributed by atoms with Crippen LogP contribution in [0.3, 0.4) is 0 Å². The number of hydrogen-bond donors (Lipinski definition) is 0. The highest BCUT2D eigenvalue weighted by molar-refractivity contribution is 6.07. The molecule has 2 aromatic carbocycles. The Morgan fingerprint density at radius 2 is 1.85 bits per heavy atom. The third-order valence-electron chi connectivity index (χ3n) is 3.45. The van der Waals surface area contributed by atoms with Gasteiger partial charge in [0.05, 0.1) is 11.5 Å². The van der Waals surface area contributed by atoms with Gasteiger partial charge in [0, 0.05) is 18.7 Å². The van der Waals surface area contributed by atoms with E-state index >= 15 is 0 Å². The van der Waals surface area contributed by atoms with Crippen molar-refractivity contribution in [3.8, 4) is 0 Å². The summed E-state index contributed by atoms with van der Waals surface area (Å²) in [5.74, 6) is -1.56. The molecular formula is C16H12NO3-. The molecule has 1 aliphatic rings. The Labute approximate surface area is 116 Å². The first-order chi connectivity index (χ1) is 9.66. The van der Waals surface area contributed by atoms with Gasteiger partial charge >= 0.3 is 0 Å². The van der Waals surface area contributed by atoms with Crippen molar-refractivity contribution >= 4 is 11.9 Å². The van der Waals surface area contributed by atoms with E-state index in [1.165, 1.54) is 6.07 Å². The Bertz CT molecular complexity index is 679. The van der Waals surface area contributed by atoms with Crippen LogP contribution in [0.2, 0.25) is 0 Å². The second-order valence-electron chi connectivity index (χ2n) is 4.77. The number of carboxylic acids is 1. The molecule has 2 aromatic rings. The number of rotatable bonds is 3. The average molecular weight is 266 g/mol. The summed E-state index contributed by atoms with van der Waals surface area (Å²) in [7, 11) is 0. The molecule has 20 heavy (non-hydrogen) atoms. The Hall–Kier alpha value is -2.62. The molecule has 100 valence electrons. The van der Waals surface area contributed by atoms with Crippen molar-refractivity contribution in [2.75, 3.05) is 0 Å². The number of hydrogen-bond acceptors (Lipinski definition) is 3. The smallest absolute Gasteiger partial charge is 0.255 e. The molecule has 0 radical (unpaired) electrons. The summed E-state index contributed by atoms with van der Waals surface area (Å²) in [5, 5.41) is 11.1. The number of fused-ring (bicyclic) bond motifs is 1. The molecule has 0 bridgehead atoms. The van der Waals surface area contributed by atoms with Crippen molar-refractivity contribution in [3.63, 3.8) is 0 Å². The molecule has 0 saturated heterocycles. The second kappa shape index (κ2) is 4.81. The fraction of sp³-hybridized carbons (Fsp3) is 0.125. The van der Waals surface area contributed by atoms with E-state index in [0.29, 0.717) is 13.1 Å². The number of carboxylic acid groups (broad SMARTS) is 1. The van der Waals surface area contributed by atoms with Crippen LogP contribution < -0.4 is 5.11 Å². The van der Waals surface area contributed by atoms with Crippen molar-refractivity contribution in [2.45, 2.75) is 13.1 Å². The summed E-state index contributed by atoms with van der Waals surface area (Å²) in [6, 6.07) is 14.5. The van der Waals surface area contributed by atoms with Gasteiger partial charge in [-0.3, -0.25) is 4.79 Å². The molecule has 1 aliphatic heterocycles. The molecule has 0 atom stereocenters. The molecule has 1 amide bonds. The zero-order valence-electron chi connectivity index (χ0n) is 10.7. The van der Waals surface area contributed by atoms with Crippen LogP contribution in [0.1, 0.15) is 31.8 Å². The first kappa shape index (κ1) is 12.4. The fourth-order valence-corrected chi connectivity index (χ4v) is 2.52. The Morgan fingerprint density at radius 3 is 2.55 bits per heavy atom. The molecule has 0 spiro atoms. The van der Waals surface area contributed by atoms with E-state index in [0.717, 1.165) is 11.1 Å². The van der Waals surface area contributed by atoms with E-state index < -0.39 is 5.97 Å². The maximum absolute atomic E-state index is 12.4. The van der Waals surface area contributed by atoms with Gasteiger partial charge in [0.1, 0.15) is 0 Å². The third kappa shape index (κ3) is 2.05. The highest BCUT2D eigenvalue weighted by atomic mass is 16.4. The number of carbonyl (C=O) groups is 2. The summed E-state index contributed by atoms with van der Waals surface area (Å²) < 4.78 is 0. The van der Waals surface area contributed by atoms with Crippen LogP contribution in [-0.2, 0) is 13.1 Å². The lowest BCUT2D eigenvalue weighted by Gasteiger charge is -2.15. The molecule has 0 saturated carbocycles. The van der Waals surface area contributed by atoms with Crippen molar-refractivity contribution in [1.82, 2.24) is 4.90 Å². The Balaban J connectivity index is 1.91. The summed E-state index contributed by atoms with van der Waals surface area (Å²) in [6.45, 7) is 0.908. The van der Waals surface area contributed by atoms with Gasteiger partial charge in [-0.2, -0.15) is 0 Å². The molecule has 0 N–H and O–H groups in total. The maximum atomic E-state index is 12.4. The third-order valence-corrected chi connectivity index (χ3v) is 3.45. The molecule has 0 unspecified atom stereocenters. The van der Waals surface area contributed by atoms with Crippen LogP contribution in [0.5, 0.6) is 0 Å². The molecule has 3 rings (SSSR count). The number of nitrogens with zero attached hydrogens (tertiary/aromatic N) is 1. The first-order valence-electron chi connectivity index (χ1n) is 6.33. The van der Waals surface area contributed by atoms with Crippen molar-refractivity contribution < 1.29 is 14.7 Å².